The SMILES string of the molecule is CCC(C)NCc1c(C(=O)O)nn(-c2ccccc2Cl)c1Oc1ccc(Cl)cc1. The van der Waals surface area contributed by atoms with Gasteiger partial charge in [-0.05, 0) is 49.7 Å². The quantitative estimate of drug-likeness (QED) is 0.486. The Morgan fingerprint density at radius 1 is 1.21 bits per heavy atom. The monoisotopic (exact) mass is 433 g/mol. The minimum Gasteiger partial charge on any atom is -0.476 e. The van der Waals surface area contributed by atoms with Gasteiger partial charge in [0.15, 0.2) is 5.69 Å². The summed E-state index contributed by atoms with van der Waals surface area (Å²) in [4.78, 5) is 11.9. The summed E-state index contributed by atoms with van der Waals surface area (Å²) < 4.78 is 7.51. The standard InChI is InChI=1S/C21H21Cl2N3O3/c1-3-13(2)24-12-16-19(21(27)28)25-26(18-7-5-4-6-17(18)23)20(16)29-15-10-8-14(22)9-11-15/h4-11,13,24H,3,12H2,1-2H3,(H,27,28). The van der Waals surface area contributed by atoms with E-state index in [4.69, 9.17) is 27.9 Å². The second kappa shape index (κ2) is 9.31. The molecule has 3 rings (SSSR count). The maximum absolute atomic E-state index is 11.9. The van der Waals surface area contributed by atoms with Gasteiger partial charge in [-0.2, -0.15) is 9.78 Å². The number of ether oxygens (including phenoxy) is 1. The number of halogens is 2. The van der Waals surface area contributed by atoms with Crippen LogP contribution in [0.1, 0.15) is 36.3 Å². The van der Waals surface area contributed by atoms with Crippen LogP contribution in [0.15, 0.2) is 48.5 Å². The van der Waals surface area contributed by atoms with Crippen LogP contribution in [0.25, 0.3) is 5.69 Å². The number of carbonyl (C=O) groups is 1. The maximum atomic E-state index is 11.9. The molecule has 0 aliphatic carbocycles. The Bertz CT molecular complexity index is 1000. The van der Waals surface area contributed by atoms with Gasteiger partial charge in [-0.25, -0.2) is 4.79 Å². The lowest BCUT2D eigenvalue weighted by Crippen LogP contribution is -2.25. The van der Waals surface area contributed by atoms with E-state index in [9.17, 15) is 9.90 Å². The molecule has 1 atom stereocenters. The molecule has 2 N–H and O–H groups in total. The van der Waals surface area contributed by atoms with Crippen LogP contribution < -0.4 is 10.1 Å². The third-order valence-electron chi connectivity index (χ3n) is 4.49. The lowest BCUT2D eigenvalue weighted by atomic mass is 10.2. The molecule has 1 heterocycles. The fraction of sp³-hybridized carbons (Fsp3) is 0.238. The number of carboxylic acids is 1. The lowest BCUT2D eigenvalue weighted by molar-refractivity contribution is 0.0688. The number of rotatable bonds is 8. The van der Waals surface area contributed by atoms with Crippen molar-refractivity contribution in [2.24, 2.45) is 0 Å². The van der Waals surface area contributed by atoms with Crippen molar-refractivity contribution in [3.8, 4) is 17.3 Å². The summed E-state index contributed by atoms with van der Waals surface area (Å²) in [7, 11) is 0. The van der Waals surface area contributed by atoms with Crippen LogP contribution in [-0.2, 0) is 6.54 Å². The predicted molar refractivity (Wildman–Crippen MR) is 114 cm³/mol. The maximum Gasteiger partial charge on any atom is 0.356 e. The molecular formula is C21H21Cl2N3O3. The van der Waals surface area contributed by atoms with Crippen LogP contribution in [0, 0.1) is 0 Å². The van der Waals surface area contributed by atoms with Crippen LogP contribution in [0.5, 0.6) is 11.6 Å². The van der Waals surface area contributed by atoms with E-state index < -0.39 is 5.97 Å². The second-order valence-corrected chi connectivity index (χ2v) is 7.39. The molecule has 0 amide bonds. The molecule has 0 fully saturated rings. The van der Waals surface area contributed by atoms with Crippen molar-refractivity contribution in [1.29, 1.82) is 0 Å². The number of para-hydroxylation sites is 1. The van der Waals surface area contributed by atoms with E-state index in [0.29, 0.717) is 27.0 Å². The van der Waals surface area contributed by atoms with E-state index in [1.807, 2.05) is 13.8 Å². The zero-order valence-corrected chi connectivity index (χ0v) is 17.5. The molecule has 29 heavy (non-hydrogen) atoms. The Kier molecular flexibility index (Phi) is 6.79. The molecule has 0 radical (unpaired) electrons. The number of hydrogen-bond donors (Lipinski definition) is 2. The summed E-state index contributed by atoms with van der Waals surface area (Å²) in [6.07, 6.45) is 0.897. The topological polar surface area (TPSA) is 76.4 Å². The molecule has 0 bridgehead atoms. The van der Waals surface area contributed by atoms with Crippen molar-refractivity contribution < 1.29 is 14.6 Å². The number of aromatic carboxylic acids is 1. The lowest BCUT2D eigenvalue weighted by Gasteiger charge is -2.14. The van der Waals surface area contributed by atoms with Crippen LogP contribution >= 0.6 is 23.2 Å². The van der Waals surface area contributed by atoms with Gasteiger partial charge in [-0.3, -0.25) is 0 Å². The fourth-order valence-electron chi connectivity index (χ4n) is 2.69. The van der Waals surface area contributed by atoms with E-state index in [2.05, 4.69) is 10.4 Å². The number of aromatic nitrogens is 2. The number of hydrogen-bond acceptors (Lipinski definition) is 4. The average molecular weight is 434 g/mol. The van der Waals surface area contributed by atoms with Gasteiger partial charge in [0.05, 0.1) is 16.3 Å². The Morgan fingerprint density at radius 3 is 2.52 bits per heavy atom. The molecule has 0 aliphatic rings. The van der Waals surface area contributed by atoms with Crippen molar-refractivity contribution in [2.75, 3.05) is 0 Å². The van der Waals surface area contributed by atoms with Crippen LogP contribution in [0.4, 0.5) is 0 Å². The first kappa shape index (κ1) is 21.2. The fourth-order valence-corrected chi connectivity index (χ4v) is 3.03. The van der Waals surface area contributed by atoms with Gasteiger partial charge in [0.25, 0.3) is 0 Å². The Morgan fingerprint density at radius 2 is 1.90 bits per heavy atom. The molecule has 1 aromatic heterocycles. The highest BCUT2D eigenvalue weighted by Crippen LogP contribution is 2.33. The van der Waals surface area contributed by atoms with Crippen molar-refractivity contribution in [1.82, 2.24) is 15.1 Å². The number of nitrogens with zero attached hydrogens (tertiary/aromatic N) is 2. The van der Waals surface area contributed by atoms with E-state index in [0.717, 1.165) is 6.42 Å². The highest BCUT2D eigenvalue weighted by molar-refractivity contribution is 6.32. The van der Waals surface area contributed by atoms with Gasteiger partial charge in [0.2, 0.25) is 5.88 Å². The molecular weight excluding hydrogens is 413 g/mol. The molecule has 0 spiro atoms. The van der Waals surface area contributed by atoms with E-state index in [1.54, 1.807) is 48.5 Å². The second-order valence-electron chi connectivity index (χ2n) is 6.55. The molecule has 2 aromatic carbocycles. The number of carboxylic acid groups (broad SMARTS) is 1. The van der Waals surface area contributed by atoms with E-state index in [-0.39, 0.29) is 24.2 Å². The summed E-state index contributed by atoms with van der Waals surface area (Å²) in [6, 6.07) is 14.1. The third kappa shape index (κ3) is 4.90. The van der Waals surface area contributed by atoms with Gasteiger partial charge in [-0.15, -0.1) is 0 Å². The Labute approximate surface area is 179 Å². The Balaban J connectivity index is 2.14. The van der Waals surface area contributed by atoms with Crippen molar-refractivity contribution in [2.45, 2.75) is 32.9 Å². The smallest absolute Gasteiger partial charge is 0.356 e. The van der Waals surface area contributed by atoms with Gasteiger partial charge < -0.3 is 15.2 Å². The first-order valence-electron chi connectivity index (χ1n) is 9.17. The zero-order valence-electron chi connectivity index (χ0n) is 16.0. The summed E-state index contributed by atoms with van der Waals surface area (Å²) in [5, 5.41) is 18.3. The Hall–Kier alpha value is -2.54. The molecule has 0 aliphatic heterocycles. The molecule has 3 aromatic rings. The van der Waals surface area contributed by atoms with Crippen molar-refractivity contribution >= 4 is 29.2 Å². The summed E-state index contributed by atoms with van der Waals surface area (Å²) in [5.74, 6) is -0.351. The first-order valence-corrected chi connectivity index (χ1v) is 9.93. The van der Waals surface area contributed by atoms with Gasteiger partial charge in [-0.1, -0.05) is 42.3 Å². The van der Waals surface area contributed by atoms with Crippen LogP contribution in [0.3, 0.4) is 0 Å². The highest BCUT2D eigenvalue weighted by atomic mass is 35.5. The predicted octanol–water partition coefficient (Wildman–Crippen LogP) is 5.56. The molecule has 1 unspecified atom stereocenters. The summed E-state index contributed by atoms with van der Waals surface area (Å²) >= 11 is 12.3. The number of benzene rings is 2. The molecule has 152 valence electrons. The van der Waals surface area contributed by atoms with Crippen molar-refractivity contribution in [3.63, 3.8) is 0 Å². The van der Waals surface area contributed by atoms with Crippen LogP contribution in [-0.4, -0.2) is 26.9 Å². The summed E-state index contributed by atoms with van der Waals surface area (Å²) in [5.41, 5.74) is 0.868. The normalized spacial score (nSPS) is 12.0. The first-order chi connectivity index (χ1) is 13.9. The van der Waals surface area contributed by atoms with Gasteiger partial charge >= 0.3 is 5.97 Å². The molecule has 0 saturated carbocycles. The highest BCUT2D eigenvalue weighted by Gasteiger charge is 2.26. The molecule has 8 heteroatoms. The minimum atomic E-state index is -1.14. The van der Waals surface area contributed by atoms with Gasteiger partial charge in [0.1, 0.15) is 5.75 Å². The molecule has 0 saturated heterocycles. The average Bonchev–Trinajstić information content (AvgIpc) is 3.06. The van der Waals surface area contributed by atoms with E-state index in [1.165, 1.54) is 4.68 Å². The largest absolute Gasteiger partial charge is 0.476 e. The zero-order chi connectivity index (χ0) is 21.0. The van der Waals surface area contributed by atoms with Crippen LogP contribution in [0.2, 0.25) is 10.0 Å². The van der Waals surface area contributed by atoms with Gasteiger partial charge in [0, 0.05) is 17.6 Å². The van der Waals surface area contributed by atoms with Crippen molar-refractivity contribution in [3.05, 3.63) is 69.8 Å². The minimum absolute atomic E-state index is 0.0929. The summed E-state index contributed by atoms with van der Waals surface area (Å²) in [6.45, 7) is 4.36. The third-order valence-corrected chi connectivity index (χ3v) is 5.06. The molecule has 6 nitrogen and oxygen atoms in total. The van der Waals surface area contributed by atoms with E-state index >= 15 is 0 Å². The number of nitrogens with one attached hydrogen (secondary N) is 1.